The van der Waals surface area contributed by atoms with Gasteiger partial charge in [0.1, 0.15) is 30.8 Å². The van der Waals surface area contributed by atoms with Crippen molar-refractivity contribution in [2.45, 2.75) is 19.4 Å². The minimum atomic E-state index is -0.614. The van der Waals surface area contributed by atoms with Crippen LogP contribution in [0, 0.1) is 5.92 Å². The van der Waals surface area contributed by atoms with E-state index in [1.165, 1.54) is 12.2 Å². The highest BCUT2D eigenvalue weighted by Gasteiger charge is 2.23. The number of allylic oxidation sites excluding steroid dienone is 1. The molecule has 0 spiro atoms. The van der Waals surface area contributed by atoms with E-state index in [-0.39, 0.29) is 25.7 Å². The van der Waals surface area contributed by atoms with E-state index in [2.05, 4.69) is 11.9 Å². The Morgan fingerprint density at radius 1 is 1.09 bits per heavy atom. The monoisotopic (exact) mass is 469 g/mol. The normalized spacial score (nSPS) is 12.4. The van der Waals surface area contributed by atoms with Crippen LogP contribution in [0.15, 0.2) is 73.3 Å². The van der Waals surface area contributed by atoms with E-state index < -0.39 is 18.2 Å². The van der Waals surface area contributed by atoms with E-state index in [1.807, 2.05) is 6.92 Å². The van der Waals surface area contributed by atoms with Crippen LogP contribution < -0.4 is 14.8 Å². The quantitative estimate of drug-likeness (QED) is 0.250. The van der Waals surface area contributed by atoms with Crippen molar-refractivity contribution in [3.05, 3.63) is 78.9 Å². The zero-order valence-electron chi connectivity index (χ0n) is 19.4. The largest absolute Gasteiger partial charge is 0.497 e. The second-order valence-electron chi connectivity index (χ2n) is 7.35. The lowest BCUT2D eigenvalue weighted by Gasteiger charge is -2.24. The number of rotatable bonds is 13. The van der Waals surface area contributed by atoms with E-state index in [0.29, 0.717) is 23.6 Å². The summed E-state index contributed by atoms with van der Waals surface area (Å²) in [5, 5.41) is 11.6. The molecule has 182 valence electrons. The van der Waals surface area contributed by atoms with E-state index in [1.54, 1.807) is 61.7 Å². The zero-order valence-corrected chi connectivity index (χ0v) is 19.4. The molecule has 0 heterocycles. The molecule has 0 saturated heterocycles. The maximum absolute atomic E-state index is 12.6. The number of anilines is 1. The number of hydrogen-bond acceptors (Lipinski definition) is 7. The molecule has 0 aliphatic heterocycles. The molecule has 2 aromatic rings. The highest BCUT2D eigenvalue weighted by Crippen LogP contribution is 2.31. The number of aliphatic hydroxyl groups is 1. The number of benzene rings is 2. The number of carbonyl (C=O) groups excluding carboxylic acids is 2. The third-order valence-electron chi connectivity index (χ3n) is 4.76. The Morgan fingerprint density at radius 2 is 1.76 bits per heavy atom. The molecule has 34 heavy (non-hydrogen) atoms. The first kappa shape index (κ1) is 26.5. The van der Waals surface area contributed by atoms with Crippen LogP contribution in [-0.2, 0) is 14.3 Å². The molecule has 2 aromatic carbocycles. The fraction of sp³-hybridized carbons (Fsp3) is 0.308. The number of esters is 1. The lowest BCUT2D eigenvalue weighted by Crippen LogP contribution is -2.22. The van der Waals surface area contributed by atoms with Gasteiger partial charge < -0.3 is 24.1 Å². The maximum atomic E-state index is 12.6. The number of amides is 1. The van der Waals surface area contributed by atoms with Gasteiger partial charge in [0.05, 0.1) is 13.7 Å². The van der Waals surface area contributed by atoms with Crippen molar-refractivity contribution in [2.24, 2.45) is 5.92 Å². The molecule has 2 N–H and O–H groups in total. The molecule has 0 aliphatic carbocycles. The molecule has 2 atom stereocenters. The Balaban J connectivity index is 2.11. The maximum Gasteiger partial charge on any atom is 0.412 e. The molecule has 0 bridgehead atoms. The van der Waals surface area contributed by atoms with Gasteiger partial charge in [-0.2, -0.15) is 0 Å². The molecule has 0 radical (unpaired) electrons. The molecule has 0 aromatic heterocycles. The molecule has 1 amide bonds. The summed E-state index contributed by atoms with van der Waals surface area (Å²) in [5.74, 6) is 0.644. The number of nitrogens with one attached hydrogen (secondary N) is 1. The molecular weight excluding hydrogens is 438 g/mol. The van der Waals surface area contributed by atoms with Crippen LogP contribution in [0.5, 0.6) is 11.5 Å². The Labute approximate surface area is 199 Å². The first-order chi connectivity index (χ1) is 16.5. The molecule has 0 unspecified atom stereocenters. The van der Waals surface area contributed by atoms with Gasteiger partial charge in [0.2, 0.25) is 0 Å². The number of carbonyl (C=O) groups is 2. The summed E-state index contributed by atoms with van der Waals surface area (Å²) in [4.78, 5) is 24.3. The van der Waals surface area contributed by atoms with Gasteiger partial charge >= 0.3 is 12.1 Å². The van der Waals surface area contributed by atoms with E-state index in [9.17, 15) is 9.59 Å². The van der Waals surface area contributed by atoms with Gasteiger partial charge in [-0.25, -0.2) is 9.59 Å². The minimum absolute atomic E-state index is 0.0857. The van der Waals surface area contributed by atoms with E-state index in [4.69, 9.17) is 24.1 Å². The van der Waals surface area contributed by atoms with Gasteiger partial charge in [-0.1, -0.05) is 37.8 Å². The highest BCUT2D eigenvalue weighted by atomic mass is 16.6. The first-order valence-corrected chi connectivity index (χ1v) is 10.9. The lowest BCUT2D eigenvalue weighted by molar-refractivity contribution is -0.136. The van der Waals surface area contributed by atoms with E-state index in [0.717, 1.165) is 5.56 Å². The Morgan fingerprint density at radius 3 is 2.38 bits per heavy atom. The smallest absolute Gasteiger partial charge is 0.412 e. The summed E-state index contributed by atoms with van der Waals surface area (Å²) >= 11 is 0. The predicted molar refractivity (Wildman–Crippen MR) is 129 cm³/mol. The number of aliphatic hydroxyl groups excluding tert-OH is 1. The Kier molecular flexibility index (Phi) is 11.2. The third-order valence-corrected chi connectivity index (χ3v) is 4.76. The minimum Gasteiger partial charge on any atom is -0.497 e. The predicted octanol–water partition coefficient (Wildman–Crippen LogP) is 4.67. The van der Waals surface area contributed by atoms with Crippen LogP contribution in [0.1, 0.15) is 25.0 Å². The summed E-state index contributed by atoms with van der Waals surface area (Å²) in [5.41, 5.74) is 1.33. The fourth-order valence-corrected chi connectivity index (χ4v) is 3.06. The second-order valence-corrected chi connectivity index (χ2v) is 7.35. The molecule has 8 nitrogen and oxygen atoms in total. The summed E-state index contributed by atoms with van der Waals surface area (Å²) in [6, 6.07) is 14.0. The number of hydrogen-bond donors (Lipinski definition) is 2. The van der Waals surface area contributed by atoms with Crippen LogP contribution in [0.4, 0.5) is 10.5 Å². The first-order valence-electron chi connectivity index (χ1n) is 10.9. The summed E-state index contributed by atoms with van der Waals surface area (Å²) in [6.45, 7) is 5.66. The second kappa shape index (κ2) is 14.4. The van der Waals surface area contributed by atoms with Gasteiger partial charge in [-0.3, -0.25) is 5.32 Å². The van der Waals surface area contributed by atoms with Crippen LogP contribution in [0.25, 0.3) is 0 Å². The van der Waals surface area contributed by atoms with Crippen molar-refractivity contribution in [1.29, 1.82) is 0 Å². The van der Waals surface area contributed by atoms with Crippen molar-refractivity contribution in [1.82, 2.24) is 0 Å². The molecular formula is C26H31NO7. The Bertz CT molecular complexity index is 939. The number of methoxy groups -OCH3 is 1. The molecule has 0 saturated carbocycles. The van der Waals surface area contributed by atoms with Gasteiger partial charge in [-0.15, -0.1) is 0 Å². The molecule has 2 rings (SSSR count). The van der Waals surface area contributed by atoms with Gasteiger partial charge in [0, 0.05) is 17.7 Å². The summed E-state index contributed by atoms with van der Waals surface area (Å²) in [6.07, 6.45) is 3.78. The van der Waals surface area contributed by atoms with Crippen molar-refractivity contribution < 1.29 is 33.6 Å². The van der Waals surface area contributed by atoms with Crippen molar-refractivity contribution in [3.63, 3.8) is 0 Å². The van der Waals surface area contributed by atoms with Crippen molar-refractivity contribution >= 4 is 17.7 Å². The van der Waals surface area contributed by atoms with Gasteiger partial charge in [-0.05, 0) is 48.4 Å². The summed E-state index contributed by atoms with van der Waals surface area (Å²) < 4.78 is 21.2. The average molecular weight is 470 g/mol. The van der Waals surface area contributed by atoms with Crippen LogP contribution in [0.3, 0.4) is 0 Å². The van der Waals surface area contributed by atoms with Crippen LogP contribution >= 0.6 is 0 Å². The highest BCUT2D eigenvalue weighted by molar-refractivity contribution is 5.85. The Hall–Kier alpha value is -3.78. The molecule has 0 fully saturated rings. The summed E-state index contributed by atoms with van der Waals surface area (Å²) in [7, 11) is 1.57. The standard InChI is InChI=1S/C26H31NO7/c1-4-17-33-24(29)7-5-6-19(2)25(20-8-12-23(13-9-20)32-18-16-28)34-26(30)27-21-10-14-22(31-3)15-11-21/h4-5,7-15,19,25,28H,1,6,16-18H2,2-3H3,(H,27,30)/b7-5+/t19-,25+/m1/s1. The van der Waals surface area contributed by atoms with E-state index >= 15 is 0 Å². The van der Waals surface area contributed by atoms with Crippen LogP contribution in [0.2, 0.25) is 0 Å². The lowest BCUT2D eigenvalue weighted by atomic mass is 9.94. The topological polar surface area (TPSA) is 103 Å². The molecule has 8 heteroatoms. The SMILES string of the molecule is C=CCOC(=O)/C=C/C[C@@H](C)[C@H](OC(=O)Nc1ccc(OC)cc1)c1ccc(OCCO)cc1. The number of ether oxygens (including phenoxy) is 4. The van der Waals surface area contributed by atoms with Gasteiger partial charge in [0.15, 0.2) is 0 Å². The van der Waals surface area contributed by atoms with Gasteiger partial charge in [0.25, 0.3) is 0 Å². The molecule has 0 aliphatic rings. The fourth-order valence-electron chi connectivity index (χ4n) is 3.06. The average Bonchev–Trinajstić information content (AvgIpc) is 2.85. The van der Waals surface area contributed by atoms with Crippen LogP contribution in [-0.4, -0.2) is 44.1 Å². The van der Waals surface area contributed by atoms with Crippen molar-refractivity contribution in [2.75, 3.05) is 32.2 Å². The van der Waals surface area contributed by atoms with Crippen molar-refractivity contribution in [3.8, 4) is 11.5 Å². The zero-order chi connectivity index (χ0) is 24.8. The third kappa shape index (κ3) is 8.99.